The first kappa shape index (κ1) is 20.1. The Bertz CT molecular complexity index is 641. The molecule has 0 aromatic carbocycles. The van der Waals surface area contributed by atoms with Gasteiger partial charge in [0.25, 0.3) is 0 Å². The summed E-state index contributed by atoms with van der Waals surface area (Å²) in [6.45, 7) is 13.0. The number of piperidine rings is 2. The second kappa shape index (κ2) is 9.04. The molecule has 7 heteroatoms. The van der Waals surface area contributed by atoms with Crippen LogP contribution in [0.2, 0.25) is 0 Å². The summed E-state index contributed by atoms with van der Waals surface area (Å²) in [6, 6.07) is 2.44. The largest absolute Gasteiger partial charge is 0.360 e. The van der Waals surface area contributed by atoms with Gasteiger partial charge in [0.05, 0.1) is 0 Å². The Hall–Kier alpha value is -1.63. The summed E-state index contributed by atoms with van der Waals surface area (Å²) in [4.78, 5) is 14.4. The van der Waals surface area contributed by atoms with Crippen LogP contribution in [0.4, 0.5) is 17.6 Å². The van der Waals surface area contributed by atoms with Gasteiger partial charge in [-0.05, 0) is 63.6 Å². The number of hydrogen-bond donors (Lipinski definition) is 2. The third-order valence-electron chi connectivity index (χ3n) is 5.43. The number of nitrogens with zero attached hydrogens (tertiary/aromatic N) is 4. The summed E-state index contributed by atoms with van der Waals surface area (Å²) in [5.41, 5.74) is 0. The highest BCUT2D eigenvalue weighted by molar-refractivity contribution is 7.80. The summed E-state index contributed by atoms with van der Waals surface area (Å²) < 4.78 is 0. The molecule has 1 aromatic heterocycles. The van der Waals surface area contributed by atoms with Gasteiger partial charge in [-0.1, -0.05) is 13.8 Å². The molecule has 27 heavy (non-hydrogen) atoms. The van der Waals surface area contributed by atoms with Gasteiger partial charge < -0.3 is 20.4 Å². The van der Waals surface area contributed by atoms with Crippen molar-refractivity contribution in [3.8, 4) is 0 Å². The number of thiocarbonyl (C=S) groups is 1. The number of nitrogens with one attached hydrogen (secondary N) is 2. The summed E-state index contributed by atoms with van der Waals surface area (Å²) in [6.07, 6.45) is 4.95. The van der Waals surface area contributed by atoms with Gasteiger partial charge in [0, 0.05) is 38.3 Å². The molecular formula is C20H34N6S. The molecule has 3 rings (SSSR count). The van der Waals surface area contributed by atoms with E-state index in [1.54, 1.807) is 0 Å². The molecule has 0 unspecified atom stereocenters. The predicted molar refractivity (Wildman–Crippen MR) is 118 cm³/mol. The molecule has 0 spiro atoms. The molecule has 0 saturated carbocycles. The monoisotopic (exact) mass is 390 g/mol. The molecule has 1 aromatic rings. The van der Waals surface area contributed by atoms with Crippen molar-refractivity contribution in [3.63, 3.8) is 0 Å². The van der Waals surface area contributed by atoms with E-state index in [1.165, 1.54) is 25.7 Å². The van der Waals surface area contributed by atoms with E-state index in [0.29, 0.717) is 17.0 Å². The van der Waals surface area contributed by atoms with Crippen molar-refractivity contribution >= 4 is 34.9 Å². The lowest BCUT2D eigenvalue weighted by Crippen LogP contribution is -2.37. The van der Waals surface area contributed by atoms with E-state index in [0.717, 1.165) is 43.7 Å². The van der Waals surface area contributed by atoms with E-state index in [1.807, 2.05) is 0 Å². The Morgan fingerprint density at radius 2 is 1.70 bits per heavy atom. The van der Waals surface area contributed by atoms with Crippen molar-refractivity contribution in [3.05, 3.63) is 6.07 Å². The fraction of sp³-hybridized carbons (Fsp3) is 0.750. The lowest BCUT2D eigenvalue weighted by Gasteiger charge is -2.34. The summed E-state index contributed by atoms with van der Waals surface area (Å²) in [7, 11) is 0. The number of rotatable bonds is 4. The van der Waals surface area contributed by atoms with Gasteiger partial charge in [-0.15, -0.1) is 0 Å². The average Bonchev–Trinajstić information content (AvgIpc) is 2.61. The van der Waals surface area contributed by atoms with Crippen LogP contribution in [0.3, 0.4) is 0 Å². The smallest absolute Gasteiger partial charge is 0.232 e. The lowest BCUT2D eigenvalue weighted by atomic mass is 9.99. The average molecular weight is 391 g/mol. The number of anilines is 3. The van der Waals surface area contributed by atoms with E-state index in [4.69, 9.17) is 22.2 Å². The molecule has 2 fully saturated rings. The van der Waals surface area contributed by atoms with Crippen LogP contribution in [0.5, 0.6) is 0 Å². The molecule has 0 amide bonds. The molecule has 0 bridgehead atoms. The van der Waals surface area contributed by atoms with Crippen LogP contribution in [0.25, 0.3) is 0 Å². The van der Waals surface area contributed by atoms with Crippen molar-refractivity contribution in [1.82, 2.24) is 15.3 Å². The first-order chi connectivity index (χ1) is 12.9. The standard InChI is InChI=1S/C20H34N6S/c1-14(2)21-20(27)24-19-22-17(25-10-7-15(3)8-11-25)12-18(23-19)26-9-5-6-16(4)13-26/h12,14-16H,5-11,13H2,1-4H3,(H2,21,22,23,24,27)/t16-/m1/s1. The van der Waals surface area contributed by atoms with Crippen molar-refractivity contribution in [1.29, 1.82) is 0 Å². The van der Waals surface area contributed by atoms with Crippen molar-refractivity contribution in [2.24, 2.45) is 11.8 Å². The maximum absolute atomic E-state index is 5.42. The van der Waals surface area contributed by atoms with Crippen LogP contribution in [-0.4, -0.2) is 47.3 Å². The summed E-state index contributed by atoms with van der Waals surface area (Å²) in [5, 5.41) is 6.99. The van der Waals surface area contributed by atoms with E-state index < -0.39 is 0 Å². The first-order valence-electron chi connectivity index (χ1n) is 10.4. The van der Waals surface area contributed by atoms with Gasteiger partial charge in [-0.2, -0.15) is 9.97 Å². The van der Waals surface area contributed by atoms with Crippen molar-refractivity contribution in [2.45, 2.75) is 59.4 Å². The molecule has 2 aliphatic heterocycles. The Labute approximate surface area is 169 Å². The minimum atomic E-state index is 0.277. The zero-order valence-electron chi connectivity index (χ0n) is 17.2. The van der Waals surface area contributed by atoms with Gasteiger partial charge >= 0.3 is 0 Å². The Balaban J connectivity index is 1.84. The van der Waals surface area contributed by atoms with Gasteiger partial charge in [-0.25, -0.2) is 0 Å². The first-order valence-corrected chi connectivity index (χ1v) is 10.8. The second-order valence-corrected chi connectivity index (χ2v) is 8.93. The van der Waals surface area contributed by atoms with Crippen LogP contribution < -0.4 is 20.4 Å². The predicted octanol–water partition coefficient (Wildman–Crippen LogP) is 3.64. The van der Waals surface area contributed by atoms with Crippen LogP contribution in [0.15, 0.2) is 6.07 Å². The third-order valence-corrected chi connectivity index (χ3v) is 5.65. The number of aromatic nitrogens is 2. The fourth-order valence-corrected chi connectivity index (χ4v) is 4.16. The van der Waals surface area contributed by atoms with Gasteiger partial charge in [-0.3, -0.25) is 0 Å². The molecule has 2 aliphatic rings. The number of hydrogen-bond acceptors (Lipinski definition) is 5. The van der Waals surface area contributed by atoms with Crippen LogP contribution in [0.1, 0.15) is 53.4 Å². The van der Waals surface area contributed by atoms with Gasteiger partial charge in [0.2, 0.25) is 5.95 Å². The molecule has 3 heterocycles. The summed E-state index contributed by atoms with van der Waals surface area (Å²) in [5.74, 6) is 4.12. The fourth-order valence-electron chi connectivity index (χ4n) is 3.84. The Morgan fingerprint density at radius 3 is 2.33 bits per heavy atom. The van der Waals surface area contributed by atoms with Gasteiger partial charge in [0.1, 0.15) is 11.6 Å². The van der Waals surface area contributed by atoms with Crippen LogP contribution >= 0.6 is 12.2 Å². The molecule has 2 saturated heterocycles. The zero-order chi connectivity index (χ0) is 19.4. The quantitative estimate of drug-likeness (QED) is 0.761. The third kappa shape index (κ3) is 5.67. The SMILES string of the molecule is CC1CCN(c2cc(N3CCC[C@@H](C)C3)nc(NC(=S)NC(C)C)n2)CC1. The Kier molecular flexibility index (Phi) is 6.73. The highest BCUT2D eigenvalue weighted by Gasteiger charge is 2.22. The minimum Gasteiger partial charge on any atom is -0.360 e. The highest BCUT2D eigenvalue weighted by atomic mass is 32.1. The van der Waals surface area contributed by atoms with E-state index in [9.17, 15) is 0 Å². The normalized spacial score (nSPS) is 21.4. The van der Waals surface area contributed by atoms with Crippen LogP contribution in [-0.2, 0) is 0 Å². The molecular weight excluding hydrogens is 356 g/mol. The topological polar surface area (TPSA) is 56.3 Å². The molecule has 1 atom stereocenters. The van der Waals surface area contributed by atoms with E-state index in [2.05, 4.69) is 54.2 Å². The molecule has 6 nitrogen and oxygen atoms in total. The van der Waals surface area contributed by atoms with E-state index in [-0.39, 0.29) is 6.04 Å². The highest BCUT2D eigenvalue weighted by Crippen LogP contribution is 2.28. The molecule has 0 aliphatic carbocycles. The van der Waals surface area contributed by atoms with Gasteiger partial charge in [0.15, 0.2) is 5.11 Å². The maximum atomic E-state index is 5.42. The Morgan fingerprint density at radius 1 is 1.04 bits per heavy atom. The molecule has 150 valence electrons. The van der Waals surface area contributed by atoms with Crippen LogP contribution in [0, 0.1) is 11.8 Å². The minimum absolute atomic E-state index is 0.277. The molecule has 2 N–H and O–H groups in total. The zero-order valence-corrected chi connectivity index (χ0v) is 18.0. The second-order valence-electron chi connectivity index (χ2n) is 8.52. The van der Waals surface area contributed by atoms with Crippen molar-refractivity contribution < 1.29 is 0 Å². The summed E-state index contributed by atoms with van der Waals surface area (Å²) >= 11 is 5.42. The lowest BCUT2D eigenvalue weighted by molar-refractivity contribution is 0.435. The van der Waals surface area contributed by atoms with Crippen molar-refractivity contribution in [2.75, 3.05) is 41.3 Å². The maximum Gasteiger partial charge on any atom is 0.232 e. The molecule has 0 radical (unpaired) electrons. The van der Waals surface area contributed by atoms with E-state index >= 15 is 0 Å².